The molecule has 0 heterocycles. The molecule has 306 valence electrons. The van der Waals surface area contributed by atoms with Crippen molar-refractivity contribution < 1.29 is 0 Å². The van der Waals surface area contributed by atoms with E-state index in [0.29, 0.717) is 0 Å². The van der Waals surface area contributed by atoms with Gasteiger partial charge in [-0.2, -0.15) is 0 Å². The summed E-state index contributed by atoms with van der Waals surface area (Å²) in [6, 6.07) is 88.0. The van der Waals surface area contributed by atoms with Gasteiger partial charge in [0.1, 0.15) is 0 Å². The van der Waals surface area contributed by atoms with Crippen LogP contribution in [0.1, 0.15) is 47.2 Å². The Morgan fingerprint density at radius 3 is 1.40 bits per heavy atom. The van der Waals surface area contributed by atoms with E-state index in [1.54, 1.807) is 0 Å². The van der Waals surface area contributed by atoms with E-state index in [1.807, 2.05) is 0 Å². The van der Waals surface area contributed by atoms with E-state index in [9.17, 15) is 0 Å². The number of anilines is 3. The first kappa shape index (κ1) is 37.5. The van der Waals surface area contributed by atoms with Crippen molar-refractivity contribution in [1.82, 2.24) is 0 Å². The molecule has 0 fully saturated rings. The van der Waals surface area contributed by atoms with Crippen molar-refractivity contribution in [2.75, 3.05) is 4.90 Å². The highest BCUT2D eigenvalue weighted by molar-refractivity contribution is 6.00. The van der Waals surface area contributed by atoms with Crippen molar-refractivity contribution in [2.24, 2.45) is 0 Å². The molecule has 0 aromatic heterocycles. The summed E-state index contributed by atoms with van der Waals surface area (Å²) in [6.45, 7) is 4.77. The molecular weight excluding hydrogens is 783 g/mol. The van der Waals surface area contributed by atoms with Crippen LogP contribution in [0.2, 0.25) is 0 Å². The number of hydrogen-bond acceptors (Lipinski definition) is 1. The monoisotopic (exact) mass is 827 g/mol. The van der Waals surface area contributed by atoms with E-state index in [2.05, 4.69) is 255 Å². The molecule has 3 aliphatic rings. The van der Waals surface area contributed by atoms with Gasteiger partial charge in [0.2, 0.25) is 0 Å². The lowest BCUT2D eigenvalue weighted by Gasteiger charge is -2.30. The van der Waals surface area contributed by atoms with Crippen molar-refractivity contribution in [3.05, 3.63) is 270 Å². The molecule has 0 aliphatic heterocycles. The molecule has 3 aliphatic carbocycles. The lowest BCUT2D eigenvalue weighted by molar-refractivity contribution is 0.660. The van der Waals surface area contributed by atoms with Crippen LogP contribution in [0.5, 0.6) is 0 Å². The maximum Gasteiger partial charge on any atom is 0.0725 e. The number of benzene rings is 10. The molecular formula is C64H45N. The van der Waals surface area contributed by atoms with E-state index in [0.717, 1.165) is 17.1 Å². The average molecular weight is 828 g/mol. The molecule has 1 heteroatoms. The van der Waals surface area contributed by atoms with Crippen LogP contribution in [0.4, 0.5) is 17.1 Å². The predicted molar refractivity (Wildman–Crippen MR) is 271 cm³/mol. The average Bonchev–Trinajstić information content (AvgIpc) is 3.93. The second-order valence-electron chi connectivity index (χ2n) is 18.4. The molecule has 0 bridgehead atoms. The van der Waals surface area contributed by atoms with Gasteiger partial charge in [-0.25, -0.2) is 0 Å². The zero-order valence-corrected chi connectivity index (χ0v) is 36.5. The fraction of sp³-hybridized carbons (Fsp3) is 0.0625. The van der Waals surface area contributed by atoms with E-state index >= 15 is 0 Å². The Labute approximate surface area is 381 Å². The number of rotatable bonds is 6. The van der Waals surface area contributed by atoms with Gasteiger partial charge in [-0.15, -0.1) is 0 Å². The van der Waals surface area contributed by atoms with Gasteiger partial charge in [-0.1, -0.05) is 214 Å². The number of para-hydroxylation sites is 1. The second-order valence-corrected chi connectivity index (χ2v) is 18.4. The van der Waals surface area contributed by atoms with E-state index < -0.39 is 0 Å². The highest BCUT2D eigenvalue weighted by Gasteiger charge is 2.52. The van der Waals surface area contributed by atoms with Gasteiger partial charge in [0.15, 0.2) is 0 Å². The SMILES string of the molecule is CC1(C)c2cc(-c3ccccc3)ccc2-c2ccc(N(c3ccc(-c4cccc5c4-c4ccccc4C54c5ccccc5-c5ccccc54)cc3)c3ccccc3-c3ccccc3)cc21. The first-order valence-corrected chi connectivity index (χ1v) is 22.8. The Hall–Kier alpha value is -8.00. The van der Waals surface area contributed by atoms with Gasteiger partial charge in [-0.3, -0.25) is 0 Å². The maximum absolute atomic E-state index is 2.47. The standard InChI is InChI=1S/C64H45N/c1-63(2)59-40-45(42-18-5-3-6-19-42)34-38-52(59)53-39-37-47(41-60(53)63)65(61-31-16-12-22-48(61)43-20-7-4-8-21-43)46-35-32-44(33-36-46)49-26-17-30-58-62(49)54-25-11-15-29-57(54)64(58)55-27-13-9-23-50(55)51-24-10-14-28-56(51)64/h3-41H,1-2H3. The van der Waals surface area contributed by atoms with Crippen LogP contribution in [0, 0.1) is 0 Å². The highest BCUT2D eigenvalue weighted by atomic mass is 15.1. The smallest absolute Gasteiger partial charge is 0.0725 e. The van der Waals surface area contributed by atoms with E-state index in [1.165, 1.54) is 100 Å². The van der Waals surface area contributed by atoms with Gasteiger partial charge in [0.05, 0.1) is 11.1 Å². The maximum atomic E-state index is 2.47. The summed E-state index contributed by atoms with van der Waals surface area (Å²) in [4.78, 5) is 2.47. The molecule has 0 atom stereocenters. The minimum atomic E-state index is -0.378. The quantitative estimate of drug-likeness (QED) is 0.161. The molecule has 1 spiro atoms. The molecule has 0 N–H and O–H groups in total. The normalized spacial score (nSPS) is 13.9. The van der Waals surface area contributed by atoms with Crippen LogP contribution in [0.15, 0.2) is 237 Å². The number of nitrogens with zero attached hydrogens (tertiary/aromatic N) is 1. The Kier molecular flexibility index (Phi) is 8.24. The zero-order chi connectivity index (χ0) is 43.3. The Balaban J connectivity index is 0.962. The largest absolute Gasteiger partial charge is 0.310 e. The lowest BCUT2D eigenvalue weighted by atomic mass is 9.70. The van der Waals surface area contributed by atoms with Crippen LogP contribution >= 0.6 is 0 Å². The summed E-state index contributed by atoms with van der Waals surface area (Å²) < 4.78 is 0. The first-order chi connectivity index (χ1) is 32.0. The van der Waals surface area contributed by atoms with Gasteiger partial charge in [-0.05, 0) is 131 Å². The summed E-state index contributed by atoms with van der Waals surface area (Å²) in [5, 5.41) is 0. The number of fused-ring (bicyclic) bond motifs is 13. The summed E-state index contributed by atoms with van der Waals surface area (Å²) >= 11 is 0. The molecule has 13 rings (SSSR count). The Morgan fingerprint density at radius 2 is 0.723 bits per heavy atom. The molecule has 65 heavy (non-hydrogen) atoms. The minimum Gasteiger partial charge on any atom is -0.310 e. The Morgan fingerprint density at radius 1 is 0.277 bits per heavy atom. The van der Waals surface area contributed by atoms with Crippen LogP contribution < -0.4 is 4.90 Å². The minimum absolute atomic E-state index is 0.193. The van der Waals surface area contributed by atoms with Gasteiger partial charge < -0.3 is 4.90 Å². The van der Waals surface area contributed by atoms with Crippen molar-refractivity contribution in [3.8, 4) is 66.8 Å². The van der Waals surface area contributed by atoms with Crippen LogP contribution in [0.25, 0.3) is 66.8 Å². The first-order valence-electron chi connectivity index (χ1n) is 22.8. The highest BCUT2D eigenvalue weighted by Crippen LogP contribution is 2.64. The van der Waals surface area contributed by atoms with Gasteiger partial charge in [0, 0.05) is 22.4 Å². The Bertz CT molecular complexity index is 3460. The molecule has 1 nitrogen and oxygen atoms in total. The predicted octanol–water partition coefficient (Wildman–Crippen LogP) is 16.8. The molecule has 10 aromatic carbocycles. The molecule has 0 amide bonds. The van der Waals surface area contributed by atoms with Crippen LogP contribution in [-0.4, -0.2) is 0 Å². The van der Waals surface area contributed by atoms with Crippen LogP contribution in [-0.2, 0) is 10.8 Å². The van der Waals surface area contributed by atoms with Gasteiger partial charge >= 0.3 is 0 Å². The molecule has 0 saturated heterocycles. The van der Waals surface area contributed by atoms with E-state index in [-0.39, 0.29) is 10.8 Å². The zero-order valence-electron chi connectivity index (χ0n) is 36.5. The topological polar surface area (TPSA) is 3.24 Å². The van der Waals surface area contributed by atoms with Crippen molar-refractivity contribution >= 4 is 17.1 Å². The summed E-state index contributed by atoms with van der Waals surface area (Å²) in [7, 11) is 0. The number of hydrogen-bond donors (Lipinski definition) is 0. The summed E-state index contributed by atoms with van der Waals surface area (Å²) in [5.41, 5.74) is 26.2. The van der Waals surface area contributed by atoms with Gasteiger partial charge in [0.25, 0.3) is 0 Å². The molecule has 0 saturated carbocycles. The fourth-order valence-electron chi connectivity index (χ4n) is 11.8. The molecule has 0 unspecified atom stereocenters. The van der Waals surface area contributed by atoms with Crippen molar-refractivity contribution in [1.29, 1.82) is 0 Å². The summed E-state index contributed by atoms with van der Waals surface area (Å²) in [5.74, 6) is 0. The second kappa shape index (κ2) is 14.3. The fourth-order valence-corrected chi connectivity index (χ4v) is 11.8. The molecule has 0 radical (unpaired) electrons. The van der Waals surface area contributed by atoms with Crippen LogP contribution in [0.3, 0.4) is 0 Å². The van der Waals surface area contributed by atoms with E-state index in [4.69, 9.17) is 0 Å². The van der Waals surface area contributed by atoms with Crippen molar-refractivity contribution in [2.45, 2.75) is 24.7 Å². The lowest BCUT2D eigenvalue weighted by Crippen LogP contribution is -2.25. The third-order valence-electron chi connectivity index (χ3n) is 14.7. The van der Waals surface area contributed by atoms with Crippen molar-refractivity contribution in [3.63, 3.8) is 0 Å². The summed E-state index contributed by atoms with van der Waals surface area (Å²) in [6.07, 6.45) is 0. The third-order valence-corrected chi connectivity index (χ3v) is 14.7. The molecule has 10 aromatic rings. The third kappa shape index (κ3) is 5.39.